The number of carbonyl (C=O) groups excluding carboxylic acids is 1. The van der Waals surface area contributed by atoms with E-state index >= 15 is 0 Å². The van der Waals surface area contributed by atoms with E-state index in [1.807, 2.05) is 0 Å². The van der Waals surface area contributed by atoms with Gasteiger partial charge in [-0.2, -0.15) is 0 Å². The van der Waals surface area contributed by atoms with E-state index in [-0.39, 0.29) is 5.69 Å². The summed E-state index contributed by atoms with van der Waals surface area (Å²) in [5.74, 6) is -0.887. The van der Waals surface area contributed by atoms with Crippen molar-refractivity contribution in [3.63, 3.8) is 0 Å². The minimum atomic E-state index is -0.444. The van der Waals surface area contributed by atoms with Gasteiger partial charge in [-0.05, 0) is 18.2 Å². The minimum Gasteiger partial charge on any atom is -0.320 e. The Morgan fingerprint density at radius 3 is 2.75 bits per heavy atom. The van der Waals surface area contributed by atoms with Crippen LogP contribution in [-0.4, -0.2) is 20.9 Å². The predicted molar refractivity (Wildman–Crippen MR) is 71.7 cm³/mol. The fourth-order valence-corrected chi connectivity index (χ4v) is 1.88. The third-order valence-corrected chi connectivity index (χ3v) is 2.76. The van der Waals surface area contributed by atoms with Crippen molar-refractivity contribution in [1.29, 1.82) is 0 Å². The monoisotopic (exact) mass is 268 g/mol. The molecular formula is C14H9FN4O. The molecule has 0 aliphatic rings. The van der Waals surface area contributed by atoms with Gasteiger partial charge in [0.25, 0.3) is 5.91 Å². The largest absolute Gasteiger partial charge is 0.320 e. The van der Waals surface area contributed by atoms with Crippen LogP contribution in [0.2, 0.25) is 0 Å². The van der Waals surface area contributed by atoms with E-state index in [0.29, 0.717) is 16.5 Å². The summed E-state index contributed by atoms with van der Waals surface area (Å²) in [5, 5.41) is 3.95. The second-order valence-electron chi connectivity index (χ2n) is 4.09. The van der Waals surface area contributed by atoms with Crippen LogP contribution in [0.4, 0.5) is 10.1 Å². The molecule has 3 aromatic rings. The van der Waals surface area contributed by atoms with E-state index in [0.717, 1.165) is 0 Å². The zero-order valence-corrected chi connectivity index (χ0v) is 10.2. The highest BCUT2D eigenvalue weighted by atomic mass is 19.1. The van der Waals surface area contributed by atoms with Crippen LogP contribution in [0.3, 0.4) is 0 Å². The molecule has 0 radical (unpaired) electrons. The van der Waals surface area contributed by atoms with Gasteiger partial charge in [0.05, 0.1) is 11.9 Å². The molecule has 1 N–H and O–H groups in total. The van der Waals surface area contributed by atoms with Gasteiger partial charge in [-0.1, -0.05) is 0 Å². The number of rotatable bonds is 2. The number of benzene rings is 1. The number of pyridine rings is 1. The molecule has 98 valence electrons. The van der Waals surface area contributed by atoms with Crippen molar-refractivity contribution in [2.75, 3.05) is 5.32 Å². The van der Waals surface area contributed by atoms with Gasteiger partial charge in [-0.25, -0.2) is 9.37 Å². The number of hydrogen-bond acceptors (Lipinski definition) is 4. The summed E-state index contributed by atoms with van der Waals surface area (Å²) >= 11 is 0. The lowest BCUT2D eigenvalue weighted by molar-refractivity contribution is 0.102. The second kappa shape index (κ2) is 5.00. The summed E-state index contributed by atoms with van der Waals surface area (Å²) < 4.78 is 13.5. The number of anilines is 1. The number of nitrogens with one attached hydrogen (secondary N) is 1. The van der Waals surface area contributed by atoms with Crippen molar-refractivity contribution in [2.24, 2.45) is 0 Å². The van der Waals surface area contributed by atoms with Gasteiger partial charge in [0.15, 0.2) is 0 Å². The molecule has 0 unspecified atom stereocenters. The van der Waals surface area contributed by atoms with Crippen molar-refractivity contribution in [2.45, 2.75) is 0 Å². The van der Waals surface area contributed by atoms with E-state index in [9.17, 15) is 9.18 Å². The predicted octanol–water partition coefficient (Wildman–Crippen LogP) is 2.42. The van der Waals surface area contributed by atoms with Crippen LogP contribution in [0.5, 0.6) is 0 Å². The molecule has 20 heavy (non-hydrogen) atoms. The maximum absolute atomic E-state index is 13.5. The van der Waals surface area contributed by atoms with Crippen LogP contribution in [0, 0.1) is 5.82 Å². The lowest BCUT2D eigenvalue weighted by Crippen LogP contribution is -2.14. The van der Waals surface area contributed by atoms with Crippen LogP contribution in [-0.2, 0) is 0 Å². The summed E-state index contributed by atoms with van der Waals surface area (Å²) in [5.41, 5.74) is 0.539. The number of nitrogens with zero attached hydrogens (tertiary/aromatic N) is 3. The van der Waals surface area contributed by atoms with Crippen molar-refractivity contribution in [1.82, 2.24) is 15.0 Å². The molecule has 0 spiro atoms. The number of aromatic nitrogens is 3. The smallest absolute Gasteiger partial charge is 0.275 e. The molecule has 0 saturated carbocycles. The molecule has 0 aliphatic heterocycles. The third-order valence-electron chi connectivity index (χ3n) is 2.76. The normalized spacial score (nSPS) is 10.4. The molecule has 3 rings (SSSR count). The van der Waals surface area contributed by atoms with Crippen molar-refractivity contribution in [3.8, 4) is 0 Å². The SMILES string of the molecule is O=C(Nc1cc(F)cc2cnccc12)c1cnccn1. The van der Waals surface area contributed by atoms with Crippen LogP contribution in [0.1, 0.15) is 10.5 Å². The molecule has 6 heteroatoms. The lowest BCUT2D eigenvalue weighted by Gasteiger charge is -2.08. The van der Waals surface area contributed by atoms with Gasteiger partial charge < -0.3 is 5.32 Å². The Hall–Kier alpha value is -2.89. The molecule has 1 aromatic carbocycles. The van der Waals surface area contributed by atoms with Gasteiger partial charge in [0, 0.05) is 35.6 Å². The first-order valence-electron chi connectivity index (χ1n) is 5.85. The topological polar surface area (TPSA) is 67.8 Å². The summed E-state index contributed by atoms with van der Waals surface area (Å²) in [6.45, 7) is 0. The average molecular weight is 268 g/mol. The van der Waals surface area contributed by atoms with E-state index in [1.165, 1.54) is 36.9 Å². The summed E-state index contributed by atoms with van der Waals surface area (Å²) in [6, 6.07) is 4.33. The zero-order chi connectivity index (χ0) is 13.9. The number of amides is 1. The van der Waals surface area contributed by atoms with E-state index < -0.39 is 11.7 Å². The summed E-state index contributed by atoms with van der Waals surface area (Å²) in [4.78, 5) is 23.7. The fraction of sp³-hybridized carbons (Fsp3) is 0. The molecule has 0 aliphatic carbocycles. The van der Waals surface area contributed by atoms with Gasteiger partial charge >= 0.3 is 0 Å². The van der Waals surface area contributed by atoms with Gasteiger partial charge in [0.2, 0.25) is 0 Å². The quantitative estimate of drug-likeness (QED) is 0.775. The average Bonchev–Trinajstić information content (AvgIpc) is 2.48. The highest BCUT2D eigenvalue weighted by Gasteiger charge is 2.11. The molecule has 0 fully saturated rings. The van der Waals surface area contributed by atoms with Crippen LogP contribution in [0.25, 0.3) is 10.8 Å². The highest BCUT2D eigenvalue weighted by Crippen LogP contribution is 2.24. The van der Waals surface area contributed by atoms with E-state index in [2.05, 4.69) is 20.3 Å². The number of halogens is 1. The molecule has 5 nitrogen and oxygen atoms in total. The maximum Gasteiger partial charge on any atom is 0.275 e. The Morgan fingerprint density at radius 1 is 1.10 bits per heavy atom. The Morgan fingerprint density at radius 2 is 1.95 bits per heavy atom. The maximum atomic E-state index is 13.5. The zero-order valence-electron chi connectivity index (χ0n) is 10.2. The van der Waals surface area contributed by atoms with Crippen LogP contribution in [0.15, 0.2) is 49.2 Å². The Labute approximate surface area is 113 Å². The van der Waals surface area contributed by atoms with Crippen molar-refractivity contribution >= 4 is 22.4 Å². The Kier molecular flexibility index (Phi) is 3.04. The Balaban J connectivity index is 2.01. The first kappa shape index (κ1) is 12.2. The standard InChI is InChI=1S/C14H9FN4O/c15-10-5-9-7-16-2-1-11(9)12(6-10)19-14(20)13-8-17-3-4-18-13/h1-8H,(H,19,20). The molecule has 2 heterocycles. The van der Waals surface area contributed by atoms with Gasteiger partial charge in [-0.3, -0.25) is 14.8 Å². The number of fused-ring (bicyclic) bond motifs is 1. The molecular weight excluding hydrogens is 259 g/mol. The molecule has 1 amide bonds. The summed E-state index contributed by atoms with van der Waals surface area (Å²) in [6.07, 6.45) is 7.36. The van der Waals surface area contributed by atoms with Crippen LogP contribution < -0.4 is 5.32 Å². The first-order chi connectivity index (χ1) is 9.74. The third kappa shape index (κ3) is 2.31. The molecule has 0 saturated heterocycles. The van der Waals surface area contributed by atoms with E-state index in [1.54, 1.807) is 12.3 Å². The molecule has 0 atom stereocenters. The van der Waals surface area contributed by atoms with Crippen molar-refractivity contribution < 1.29 is 9.18 Å². The van der Waals surface area contributed by atoms with Crippen LogP contribution >= 0.6 is 0 Å². The second-order valence-corrected chi connectivity index (χ2v) is 4.09. The van der Waals surface area contributed by atoms with E-state index in [4.69, 9.17) is 0 Å². The molecule has 2 aromatic heterocycles. The van der Waals surface area contributed by atoms with Crippen molar-refractivity contribution in [3.05, 3.63) is 60.7 Å². The molecule has 0 bridgehead atoms. The Bertz CT molecular complexity index is 776. The first-order valence-corrected chi connectivity index (χ1v) is 5.85. The minimum absolute atomic E-state index is 0.166. The lowest BCUT2D eigenvalue weighted by atomic mass is 10.1. The summed E-state index contributed by atoms with van der Waals surface area (Å²) in [7, 11) is 0. The number of carbonyl (C=O) groups is 1. The van der Waals surface area contributed by atoms with Gasteiger partial charge in [-0.15, -0.1) is 0 Å². The highest BCUT2D eigenvalue weighted by molar-refractivity contribution is 6.07. The van der Waals surface area contributed by atoms with Gasteiger partial charge in [0.1, 0.15) is 11.5 Å². The fourth-order valence-electron chi connectivity index (χ4n) is 1.88. The number of hydrogen-bond donors (Lipinski definition) is 1.